The fourth-order valence-electron chi connectivity index (χ4n) is 1.22. The van der Waals surface area contributed by atoms with E-state index in [1.165, 1.54) is 6.92 Å². The summed E-state index contributed by atoms with van der Waals surface area (Å²) in [4.78, 5) is 21.4. The van der Waals surface area contributed by atoms with Crippen LogP contribution in [0.25, 0.3) is 0 Å². The first-order valence-corrected chi connectivity index (χ1v) is 3.67. The minimum atomic E-state index is -1.19. The fraction of sp³-hybridized carbons (Fsp3) is 0.714. The minimum absolute atomic E-state index is 0.0575. The van der Waals surface area contributed by atoms with Gasteiger partial charge in [-0.3, -0.25) is 4.79 Å². The first-order valence-electron chi connectivity index (χ1n) is 3.67. The van der Waals surface area contributed by atoms with Crippen molar-refractivity contribution in [2.45, 2.75) is 18.9 Å². The largest absolute Gasteiger partial charge is 0.479 e. The molecule has 12 heavy (non-hydrogen) atoms. The van der Waals surface area contributed by atoms with Crippen molar-refractivity contribution in [3.05, 3.63) is 0 Å². The van der Waals surface area contributed by atoms with Gasteiger partial charge in [0.05, 0.1) is 6.61 Å². The van der Waals surface area contributed by atoms with Crippen molar-refractivity contribution in [3.8, 4) is 0 Å². The van der Waals surface area contributed by atoms with Gasteiger partial charge in [-0.25, -0.2) is 4.79 Å². The molecule has 1 saturated heterocycles. The number of carboxylic acids is 1. The number of hydrogen-bond donors (Lipinski definition) is 2. The number of rotatable bonds is 2. The van der Waals surface area contributed by atoms with Gasteiger partial charge in [-0.15, -0.1) is 0 Å². The summed E-state index contributed by atoms with van der Waals surface area (Å²) in [6.07, 6.45) is 0.335. The summed E-state index contributed by atoms with van der Waals surface area (Å²) < 4.78 is 4.93. The van der Waals surface area contributed by atoms with E-state index in [0.717, 1.165) is 0 Å². The molecular formula is C7H11NO4. The second kappa shape index (κ2) is 3.10. The van der Waals surface area contributed by atoms with Crippen LogP contribution in [-0.2, 0) is 14.3 Å². The molecule has 5 nitrogen and oxygen atoms in total. The molecule has 0 bridgehead atoms. The first-order chi connectivity index (χ1) is 5.57. The van der Waals surface area contributed by atoms with E-state index in [2.05, 4.69) is 5.32 Å². The van der Waals surface area contributed by atoms with Crippen molar-refractivity contribution in [1.29, 1.82) is 0 Å². The molecule has 1 aliphatic rings. The highest BCUT2D eigenvalue weighted by atomic mass is 16.5. The zero-order chi connectivity index (χ0) is 9.19. The van der Waals surface area contributed by atoms with Crippen LogP contribution < -0.4 is 5.32 Å². The van der Waals surface area contributed by atoms with E-state index in [1.807, 2.05) is 0 Å². The predicted octanol–water partition coefficient (Wildman–Crippen LogP) is -0.634. The van der Waals surface area contributed by atoms with Gasteiger partial charge in [0.2, 0.25) is 5.91 Å². The quantitative estimate of drug-likeness (QED) is 0.582. The molecule has 1 fully saturated rings. The summed E-state index contributed by atoms with van der Waals surface area (Å²) in [5.41, 5.74) is -1.19. The Morgan fingerprint density at radius 1 is 1.58 bits per heavy atom. The van der Waals surface area contributed by atoms with Crippen LogP contribution in [0, 0.1) is 0 Å². The minimum Gasteiger partial charge on any atom is -0.479 e. The molecule has 0 aromatic rings. The maximum absolute atomic E-state index is 10.8. The van der Waals surface area contributed by atoms with Gasteiger partial charge in [0.15, 0.2) is 5.54 Å². The van der Waals surface area contributed by atoms with Crippen molar-refractivity contribution in [2.24, 2.45) is 0 Å². The molecule has 1 heterocycles. The van der Waals surface area contributed by atoms with Crippen LogP contribution in [0.5, 0.6) is 0 Å². The number of nitrogens with one attached hydrogen (secondary N) is 1. The Labute approximate surface area is 69.7 Å². The van der Waals surface area contributed by atoms with Crippen LogP contribution in [-0.4, -0.2) is 35.7 Å². The van der Waals surface area contributed by atoms with Gasteiger partial charge in [0.1, 0.15) is 0 Å². The number of aliphatic carboxylic acids is 1. The van der Waals surface area contributed by atoms with E-state index < -0.39 is 11.5 Å². The lowest BCUT2D eigenvalue weighted by molar-refractivity contribution is -0.147. The van der Waals surface area contributed by atoms with Gasteiger partial charge in [-0.2, -0.15) is 0 Å². The molecule has 0 aromatic heterocycles. The molecule has 0 aliphatic carbocycles. The Balaban J connectivity index is 2.72. The van der Waals surface area contributed by atoms with Crippen LogP contribution >= 0.6 is 0 Å². The number of amides is 1. The SMILES string of the molecule is CC(=O)NC1(C(=O)O)CCOC1. The molecule has 68 valence electrons. The van der Waals surface area contributed by atoms with E-state index in [9.17, 15) is 9.59 Å². The summed E-state index contributed by atoms with van der Waals surface area (Å²) >= 11 is 0. The van der Waals surface area contributed by atoms with Crippen molar-refractivity contribution < 1.29 is 19.4 Å². The Kier molecular flexibility index (Phi) is 2.32. The van der Waals surface area contributed by atoms with Gasteiger partial charge < -0.3 is 15.2 Å². The van der Waals surface area contributed by atoms with Gasteiger partial charge in [0.25, 0.3) is 0 Å². The average Bonchev–Trinajstić information content (AvgIpc) is 2.35. The highest BCUT2D eigenvalue weighted by Crippen LogP contribution is 2.18. The standard InChI is InChI=1S/C7H11NO4/c1-5(9)8-7(6(10)11)2-3-12-4-7/h2-4H2,1H3,(H,8,9)(H,10,11). The molecule has 1 amide bonds. The van der Waals surface area contributed by atoms with Crippen LogP contribution in [0.15, 0.2) is 0 Å². The Bertz CT molecular complexity index is 207. The van der Waals surface area contributed by atoms with Crippen molar-refractivity contribution in [2.75, 3.05) is 13.2 Å². The van der Waals surface area contributed by atoms with Crippen LogP contribution in [0.4, 0.5) is 0 Å². The van der Waals surface area contributed by atoms with E-state index in [-0.39, 0.29) is 12.5 Å². The van der Waals surface area contributed by atoms with E-state index in [1.54, 1.807) is 0 Å². The third-order valence-corrected chi connectivity index (χ3v) is 1.85. The van der Waals surface area contributed by atoms with E-state index in [4.69, 9.17) is 9.84 Å². The smallest absolute Gasteiger partial charge is 0.331 e. The normalized spacial score (nSPS) is 28.4. The molecule has 0 aromatic carbocycles. The second-order valence-electron chi connectivity index (χ2n) is 2.87. The summed E-state index contributed by atoms with van der Waals surface area (Å²) in [7, 11) is 0. The van der Waals surface area contributed by atoms with Gasteiger partial charge in [-0.1, -0.05) is 0 Å². The summed E-state index contributed by atoms with van der Waals surface area (Å²) in [6.45, 7) is 1.73. The van der Waals surface area contributed by atoms with E-state index >= 15 is 0 Å². The maximum atomic E-state index is 10.8. The number of carbonyl (C=O) groups is 2. The maximum Gasteiger partial charge on any atom is 0.331 e. The first kappa shape index (κ1) is 8.99. The van der Waals surface area contributed by atoms with Gasteiger partial charge >= 0.3 is 5.97 Å². The third-order valence-electron chi connectivity index (χ3n) is 1.85. The zero-order valence-corrected chi connectivity index (χ0v) is 6.79. The number of hydrogen-bond acceptors (Lipinski definition) is 3. The van der Waals surface area contributed by atoms with Crippen LogP contribution in [0.2, 0.25) is 0 Å². The summed E-state index contributed by atoms with van der Waals surface area (Å²) in [6, 6.07) is 0. The number of carboxylic acid groups (broad SMARTS) is 1. The molecule has 0 spiro atoms. The highest BCUT2D eigenvalue weighted by Gasteiger charge is 2.43. The van der Waals surface area contributed by atoms with Crippen molar-refractivity contribution in [1.82, 2.24) is 5.32 Å². The lowest BCUT2D eigenvalue weighted by Crippen LogP contribution is -2.54. The third kappa shape index (κ3) is 1.55. The molecule has 1 unspecified atom stereocenters. The van der Waals surface area contributed by atoms with Gasteiger partial charge in [0, 0.05) is 20.0 Å². The molecule has 1 rings (SSSR count). The Morgan fingerprint density at radius 2 is 2.25 bits per heavy atom. The lowest BCUT2D eigenvalue weighted by Gasteiger charge is -2.22. The fourth-order valence-corrected chi connectivity index (χ4v) is 1.22. The molecule has 0 saturated carbocycles. The van der Waals surface area contributed by atoms with E-state index in [0.29, 0.717) is 13.0 Å². The molecule has 0 radical (unpaired) electrons. The average molecular weight is 173 g/mol. The lowest BCUT2D eigenvalue weighted by atomic mass is 9.99. The molecule has 1 aliphatic heterocycles. The highest BCUT2D eigenvalue weighted by molar-refractivity contribution is 5.86. The Morgan fingerprint density at radius 3 is 2.58 bits per heavy atom. The van der Waals surface area contributed by atoms with Crippen molar-refractivity contribution >= 4 is 11.9 Å². The predicted molar refractivity (Wildman–Crippen MR) is 39.6 cm³/mol. The van der Waals surface area contributed by atoms with Crippen LogP contribution in [0.3, 0.4) is 0 Å². The summed E-state index contributed by atoms with van der Waals surface area (Å²) in [5, 5.41) is 11.2. The number of carbonyl (C=O) groups excluding carboxylic acids is 1. The molecule has 2 N–H and O–H groups in total. The zero-order valence-electron chi connectivity index (χ0n) is 6.79. The molecular weight excluding hydrogens is 162 g/mol. The molecule has 5 heteroatoms. The second-order valence-corrected chi connectivity index (χ2v) is 2.87. The molecule has 1 atom stereocenters. The monoisotopic (exact) mass is 173 g/mol. The topological polar surface area (TPSA) is 75.6 Å². The van der Waals surface area contributed by atoms with Gasteiger partial charge in [-0.05, 0) is 0 Å². The van der Waals surface area contributed by atoms with Crippen molar-refractivity contribution in [3.63, 3.8) is 0 Å². The van der Waals surface area contributed by atoms with Crippen LogP contribution in [0.1, 0.15) is 13.3 Å². The summed E-state index contributed by atoms with van der Waals surface area (Å²) in [5.74, 6) is -1.38. The number of ether oxygens (including phenoxy) is 1. The Hall–Kier alpha value is -1.10.